The Hall–Kier alpha value is -1.57. The van der Waals surface area contributed by atoms with Crippen LogP contribution in [0.15, 0.2) is 29.3 Å². The van der Waals surface area contributed by atoms with Crippen molar-refractivity contribution in [3.05, 3.63) is 35.6 Å². The summed E-state index contributed by atoms with van der Waals surface area (Å²) < 4.78 is 48.9. The number of nitrogens with zero attached hydrogens (tertiary/aromatic N) is 1. The molecule has 1 N–H and O–H groups in total. The molecule has 0 radical (unpaired) electrons. The van der Waals surface area contributed by atoms with Gasteiger partial charge in [0.25, 0.3) is 5.91 Å². The van der Waals surface area contributed by atoms with Gasteiger partial charge in [0.05, 0.1) is 6.04 Å². The van der Waals surface area contributed by atoms with E-state index in [2.05, 4.69) is 10.3 Å². The molecule has 0 saturated heterocycles. The highest BCUT2D eigenvalue weighted by Gasteiger charge is 2.61. The third kappa shape index (κ3) is 3.04. The number of carbonyl (C=O) groups is 1. The van der Waals surface area contributed by atoms with Crippen LogP contribution in [-0.4, -0.2) is 22.0 Å². The number of hydrogen-bond donors (Lipinski definition) is 1. The molecule has 1 aromatic rings. The number of carbonyl (C=O) groups excluding carboxylic acids is 1. The fourth-order valence-corrected chi connectivity index (χ4v) is 2.72. The predicted molar refractivity (Wildman–Crippen MR) is 72.4 cm³/mol. The molecule has 1 aliphatic heterocycles. The predicted octanol–water partition coefficient (Wildman–Crippen LogP) is 3.43. The average Bonchev–Trinajstić information content (AvgIpc) is 2.66. The maximum Gasteiger partial charge on any atom is 0.412 e. The van der Waals surface area contributed by atoms with Crippen LogP contribution in [0.25, 0.3) is 0 Å². The Balaban J connectivity index is 2.10. The molecule has 1 aliphatic rings. The van der Waals surface area contributed by atoms with Crippen LogP contribution >= 0.6 is 11.8 Å². The van der Waals surface area contributed by atoms with E-state index in [1.54, 1.807) is 6.92 Å². The van der Waals surface area contributed by atoms with Gasteiger partial charge < -0.3 is 5.32 Å². The van der Waals surface area contributed by atoms with E-state index < -0.39 is 28.7 Å². The van der Waals surface area contributed by atoms with E-state index in [1.165, 1.54) is 24.3 Å². The van der Waals surface area contributed by atoms with Gasteiger partial charge in [-0.3, -0.25) is 4.79 Å². The van der Waals surface area contributed by atoms with Gasteiger partial charge >= 0.3 is 6.18 Å². The Morgan fingerprint density at radius 3 is 2.33 bits per heavy atom. The Morgan fingerprint density at radius 1 is 1.29 bits per heavy atom. The number of alkyl halides is 3. The summed E-state index contributed by atoms with van der Waals surface area (Å²) in [5, 5.41) is 2.66. The lowest BCUT2D eigenvalue weighted by atomic mass is 10.1. The second kappa shape index (κ2) is 5.32. The summed E-state index contributed by atoms with van der Waals surface area (Å²) in [5.41, 5.74) is 0.674. The van der Waals surface area contributed by atoms with Crippen LogP contribution in [-0.2, 0) is 4.79 Å². The zero-order valence-corrected chi connectivity index (χ0v) is 12.0. The Labute approximate surface area is 122 Å². The van der Waals surface area contributed by atoms with E-state index in [1.807, 2.05) is 0 Å². The quantitative estimate of drug-likeness (QED) is 0.849. The zero-order valence-electron chi connectivity index (χ0n) is 11.2. The van der Waals surface area contributed by atoms with Crippen molar-refractivity contribution in [2.24, 2.45) is 4.99 Å². The molecule has 1 amide bonds. The first-order chi connectivity index (χ1) is 9.63. The molecule has 3 nitrogen and oxygen atoms in total. The van der Waals surface area contributed by atoms with Crippen LogP contribution in [0.5, 0.6) is 0 Å². The summed E-state index contributed by atoms with van der Waals surface area (Å²) in [6, 6.07) is 5.13. The maximum atomic E-state index is 12.9. The topological polar surface area (TPSA) is 41.5 Å². The lowest BCUT2D eigenvalue weighted by Gasteiger charge is -2.23. The van der Waals surface area contributed by atoms with Crippen molar-refractivity contribution in [2.45, 2.75) is 30.8 Å². The molecular weight excluding hydrogens is 308 g/mol. The van der Waals surface area contributed by atoms with Gasteiger partial charge in [-0.05, 0) is 31.5 Å². The molecule has 1 heterocycles. The van der Waals surface area contributed by atoms with Crippen molar-refractivity contribution < 1.29 is 22.4 Å². The van der Waals surface area contributed by atoms with E-state index in [0.29, 0.717) is 17.3 Å². The van der Waals surface area contributed by atoms with Crippen LogP contribution in [0.3, 0.4) is 0 Å². The van der Waals surface area contributed by atoms with Crippen LogP contribution in [0, 0.1) is 5.82 Å². The highest BCUT2D eigenvalue weighted by Crippen LogP contribution is 2.46. The molecule has 0 aliphatic carbocycles. The molecule has 8 heteroatoms. The maximum absolute atomic E-state index is 12.9. The average molecular weight is 320 g/mol. The van der Waals surface area contributed by atoms with Gasteiger partial charge in [-0.25, -0.2) is 4.39 Å². The van der Waals surface area contributed by atoms with Gasteiger partial charge in [0.15, 0.2) is 9.91 Å². The number of amides is 1. The summed E-state index contributed by atoms with van der Waals surface area (Å²) in [4.78, 5) is 14.9. The third-order valence-corrected chi connectivity index (χ3v) is 4.38. The molecule has 0 spiro atoms. The number of benzene rings is 1. The molecular formula is C13H12F4N2OS. The largest absolute Gasteiger partial charge is 0.412 e. The number of halogens is 4. The first-order valence-electron chi connectivity index (χ1n) is 6.04. The fourth-order valence-electron chi connectivity index (χ4n) is 1.72. The van der Waals surface area contributed by atoms with Gasteiger partial charge in [-0.1, -0.05) is 23.9 Å². The van der Waals surface area contributed by atoms with Gasteiger partial charge in [-0.15, -0.1) is 0 Å². The normalized spacial score (nSPS) is 23.9. The molecule has 0 bridgehead atoms. The molecule has 1 aromatic carbocycles. The number of nitrogens with one attached hydrogen (secondary N) is 1. The van der Waals surface area contributed by atoms with E-state index in [0.717, 1.165) is 6.92 Å². The summed E-state index contributed by atoms with van der Waals surface area (Å²) in [7, 11) is 0. The standard InChI is InChI=1S/C13H12F4N2OS/c1-7(8-3-5-9(14)6-4-8)18-11-19-10(20)12(2,21-11)13(15,16)17/h3-7H,1-2H3,(H,18,19,20)/t7-,12+/m0/s1. The number of thioether (sulfide) groups is 1. The number of rotatable bonds is 2. The molecule has 114 valence electrons. The van der Waals surface area contributed by atoms with Gasteiger partial charge in [0.2, 0.25) is 0 Å². The number of aliphatic imine (C=N–C) groups is 1. The molecule has 21 heavy (non-hydrogen) atoms. The second-order valence-electron chi connectivity index (χ2n) is 4.77. The molecule has 0 aromatic heterocycles. The Kier molecular flexibility index (Phi) is 4.01. The minimum atomic E-state index is -4.68. The summed E-state index contributed by atoms with van der Waals surface area (Å²) in [6.45, 7) is 2.49. The van der Waals surface area contributed by atoms with E-state index in [9.17, 15) is 22.4 Å². The minimum Gasteiger partial charge on any atom is -0.358 e. The first kappa shape index (κ1) is 15.8. The lowest BCUT2D eigenvalue weighted by Crippen LogP contribution is -2.44. The summed E-state index contributed by atoms with van der Waals surface area (Å²) >= 11 is 0.344. The van der Waals surface area contributed by atoms with E-state index >= 15 is 0 Å². The van der Waals surface area contributed by atoms with E-state index in [4.69, 9.17) is 0 Å². The van der Waals surface area contributed by atoms with Crippen molar-refractivity contribution in [1.82, 2.24) is 5.32 Å². The van der Waals surface area contributed by atoms with Gasteiger partial charge in [0.1, 0.15) is 5.82 Å². The smallest absolute Gasteiger partial charge is 0.358 e. The minimum absolute atomic E-state index is 0.0864. The molecule has 0 unspecified atom stereocenters. The zero-order chi connectivity index (χ0) is 15.8. The van der Waals surface area contributed by atoms with Crippen LogP contribution < -0.4 is 5.32 Å². The second-order valence-corrected chi connectivity index (χ2v) is 6.18. The van der Waals surface area contributed by atoms with Crippen molar-refractivity contribution in [3.63, 3.8) is 0 Å². The molecule has 0 saturated carbocycles. The molecule has 2 atom stereocenters. The number of hydrogen-bond acceptors (Lipinski definition) is 3. The van der Waals surface area contributed by atoms with Crippen LogP contribution in [0.1, 0.15) is 25.5 Å². The van der Waals surface area contributed by atoms with Crippen LogP contribution in [0.4, 0.5) is 17.6 Å². The highest BCUT2D eigenvalue weighted by molar-refractivity contribution is 8.16. The van der Waals surface area contributed by atoms with Crippen molar-refractivity contribution in [1.29, 1.82) is 0 Å². The number of amidine groups is 1. The van der Waals surface area contributed by atoms with E-state index in [-0.39, 0.29) is 5.17 Å². The SMILES string of the molecule is C[C@H](NC1=NC(=O)[C@](C)(C(F)(F)F)S1)c1ccc(F)cc1. The third-order valence-electron chi connectivity index (χ3n) is 3.16. The highest BCUT2D eigenvalue weighted by atomic mass is 32.2. The van der Waals surface area contributed by atoms with Crippen molar-refractivity contribution in [2.75, 3.05) is 0 Å². The fraction of sp³-hybridized carbons (Fsp3) is 0.385. The lowest BCUT2D eigenvalue weighted by molar-refractivity contribution is -0.165. The molecule has 0 fully saturated rings. The monoisotopic (exact) mass is 320 g/mol. The van der Waals surface area contributed by atoms with Gasteiger partial charge in [0, 0.05) is 0 Å². The van der Waals surface area contributed by atoms with Crippen molar-refractivity contribution in [3.8, 4) is 0 Å². The Morgan fingerprint density at radius 2 is 1.86 bits per heavy atom. The first-order valence-corrected chi connectivity index (χ1v) is 6.86. The van der Waals surface area contributed by atoms with Crippen LogP contribution in [0.2, 0.25) is 0 Å². The molecule has 2 rings (SSSR count). The van der Waals surface area contributed by atoms with Gasteiger partial charge in [-0.2, -0.15) is 18.2 Å². The Bertz CT molecular complexity index is 585. The summed E-state index contributed by atoms with van der Waals surface area (Å²) in [6.07, 6.45) is -4.68. The summed E-state index contributed by atoms with van der Waals surface area (Å²) in [5.74, 6) is -1.63. The van der Waals surface area contributed by atoms with Crippen molar-refractivity contribution >= 4 is 22.8 Å².